The van der Waals surface area contributed by atoms with E-state index in [9.17, 15) is 18.4 Å². The number of alkyl halides is 2. The molecular weight excluding hydrogens is 536 g/mol. The molecule has 3 aromatic rings. The van der Waals surface area contributed by atoms with Crippen molar-refractivity contribution >= 4 is 40.5 Å². The van der Waals surface area contributed by atoms with Gasteiger partial charge >= 0.3 is 0 Å². The van der Waals surface area contributed by atoms with Crippen molar-refractivity contribution in [3.05, 3.63) is 46.7 Å². The Bertz CT molecular complexity index is 1420. The molecule has 2 atom stereocenters. The van der Waals surface area contributed by atoms with Gasteiger partial charge in [0, 0.05) is 29.7 Å². The number of hydrogen-bond donors (Lipinski definition) is 1. The molecule has 206 valence electrons. The second-order valence-electron chi connectivity index (χ2n) is 10.1. The molecule has 39 heavy (non-hydrogen) atoms. The summed E-state index contributed by atoms with van der Waals surface area (Å²) in [6.07, 6.45) is 3.50. The zero-order valence-electron chi connectivity index (χ0n) is 21.0. The highest BCUT2D eigenvalue weighted by atomic mass is 35.5. The zero-order valence-corrected chi connectivity index (χ0v) is 21.8. The van der Waals surface area contributed by atoms with Crippen molar-refractivity contribution in [2.24, 2.45) is 0 Å². The Morgan fingerprint density at radius 1 is 1.23 bits per heavy atom. The maximum Gasteiger partial charge on any atom is 0.296 e. The van der Waals surface area contributed by atoms with Gasteiger partial charge in [-0.1, -0.05) is 11.6 Å². The van der Waals surface area contributed by atoms with Gasteiger partial charge in [-0.25, -0.2) is 8.78 Å². The first-order chi connectivity index (χ1) is 18.7. The van der Waals surface area contributed by atoms with Gasteiger partial charge in [0.05, 0.1) is 44.6 Å². The molecule has 2 aromatic heterocycles. The number of methoxy groups -OCH3 is 1. The van der Waals surface area contributed by atoms with Crippen molar-refractivity contribution in [3.8, 4) is 5.75 Å². The van der Waals surface area contributed by atoms with Crippen LogP contribution in [0, 0.1) is 0 Å². The molecule has 13 heteroatoms. The quantitative estimate of drug-likeness (QED) is 0.443. The monoisotopic (exact) mass is 561 g/mol. The Morgan fingerprint density at radius 2 is 2.03 bits per heavy atom. The van der Waals surface area contributed by atoms with E-state index in [0.717, 1.165) is 17.7 Å². The number of aromatic nitrogens is 2. The molecule has 1 aromatic carbocycles. The average Bonchev–Trinajstić information content (AvgIpc) is 3.45. The van der Waals surface area contributed by atoms with E-state index in [4.69, 9.17) is 25.5 Å². The van der Waals surface area contributed by atoms with Gasteiger partial charge in [-0.2, -0.15) is 4.98 Å². The van der Waals surface area contributed by atoms with Crippen LogP contribution < -0.4 is 10.1 Å². The lowest BCUT2D eigenvalue weighted by Crippen LogP contribution is -2.62. The number of hydrogen-bond acceptors (Lipinski definition) is 8. The number of carbonyl (C=O) groups excluding carboxylic acids is 2. The zero-order chi connectivity index (χ0) is 27.3. The number of fused-ring (bicyclic) bond motifs is 1. The van der Waals surface area contributed by atoms with Crippen LogP contribution in [0.5, 0.6) is 5.75 Å². The number of anilines is 1. The van der Waals surface area contributed by atoms with E-state index in [1.165, 1.54) is 18.1 Å². The van der Waals surface area contributed by atoms with Crippen LogP contribution in [-0.2, 0) is 16.1 Å². The molecule has 2 amide bonds. The lowest BCUT2D eigenvalue weighted by molar-refractivity contribution is -0.169. The van der Waals surface area contributed by atoms with Crippen molar-refractivity contribution in [3.63, 3.8) is 0 Å². The number of pyridine rings is 1. The van der Waals surface area contributed by atoms with Crippen LogP contribution in [0.3, 0.4) is 0 Å². The number of benzene rings is 1. The van der Waals surface area contributed by atoms with Crippen LogP contribution in [0.15, 0.2) is 34.9 Å². The van der Waals surface area contributed by atoms with E-state index in [-0.39, 0.29) is 42.5 Å². The highest BCUT2D eigenvalue weighted by Crippen LogP contribution is 2.36. The second kappa shape index (κ2) is 9.91. The molecule has 6 rings (SSSR count). The van der Waals surface area contributed by atoms with Crippen LogP contribution in [0.1, 0.15) is 35.3 Å². The topological polar surface area (TPSA) is 110 Å². The number of amides is 2. The van der Waals surface area contributed by atoms with Gasteiger partial charge < -0.3 is 29.0 Å². The predicted molar refractivity (Wildman–Crippen MR) is 136 cm³/mol. The summed E-state index contributed by atoms with van der Waals surface area (Å²) in [6.45, 7) is -0.791. The fourth-order valence-corrected chi connectivity index (χ4v) is 5.12. The maximum absolute atomic E-state index is 13.7. The number of oxazole rings is 1. The molecule has 0 bridgehead atoms. The minimum Gasteiger partial charge on any atom is -0.493 e. The van der Waals surface area contributed by atoms with Gasteiger partial charge in [0.25, 0.3) is 17.8 Å². The number of likely N-dealkylation sites (tertiary alicyclic amines) is 2. The maximum atomic E-state index is 13.7. The Kier molecular flexibility index (Phi) is 6.54. The molecule has 0 unspecified atom stereocenters. The molecule has 1 saturated carbocycles. The standard InChI is InChI=1S/C26H26ClF2N5O5/c1-37-21-7-14(6-19-22(21)39-25(32-19)31-10-16-8-15(27)4-5-30-16)23(35)34-11-18(38-17-2-3-17)9-20(34)24(36)33-12-26(28,29)13-33/h4-8,17-18,20H,2-3,9-13H2,1H3,(H,31,32)/t18-,20+/m1/s1. The summed E-state index contributed by atoms with van der Waals surface area (Å²) in [5.41, 5.74) is 1.62. The van der Waals surface area contributed by atoms with Gasteiger partial charge in [-0.15, -0.1) is 0 Å². The molecule has 1 N–H and O–H groups in total. The van der Waals surface area contributed by atoms with Gasteiger partial charge in [-0.05, 0) is 37.1 Å². The third kappa shape index (κ3) is 5.35. The Balaban J connectivity index is 1.24. The largest absolute Gasteiger partial charge is 0.493 e. The number of ether oxygens (including phenoxy) is 2. The second-order valence-corrected chi connectivity index (χ2v) is 10.5. The van der Waals surface area contributed by atoms with E-state index in [1.807, 2.05) is 0 Å². The van der Waals surface area contributed by atoms with Crippen LogP contribution in [0.2, 0.25) is 5.02 Å². The Morgan fingerprint density at radius 3 is 2.72 bits per heavy atom. The van der Waals surface area contributed by atoms with Crippen LogP contribution >= 0.6 is 11.6 Å². The minimum atomic E-state index is -2.90. The van der Waals surface area contributed by atoms with Crippen molar-refractivity contribution in [1.29, 1.82) is 0 Å². The molecule has 3 aliphatic rings. The van der Waals surface area contributed by atoms with Crippen molar-refractivity contribution in [1.82, 2.24) is 19.8 Å². The minimum absolute atomic E-state index is 0.119. The number of halogens is 3. The molecule has 10 nitrogen and oxygen atoms in total. The fourth-order valence-electron chi connectivity index (χ4n) is 4.94. The molecule has 0 spiro atoms. The summed E-state index contributed by atoms with van der Waals surface area (Å²) in [7, 11) is 1.44. The Hall–Kier alpha value is -3.51. The van der Waals surface area contributed by atoms with Gasteiger partial charge in [0.15, 0.2) is 11.3 Å². The van der Waals surface area contributed by atoms with Gasteiger partial charge in [-0.3, -0.25) is 14.6 Å². The van der Waals surface area contributed by atoms with Crippen molar-refractivity contribution < 1.29 is 32.3 Å². The molecule has 1 aliphatic carbocycles. The van der Waals surface area contributed by atoms with Crippen LogP contribution in [-0.4, -0.2) is 82.5 Å². The van der Waals surface area contributed by atoms with E-state index in [0.29, 0.717) is 28.4 Å². The highest BCUT2D eigenvalue weighted by Gasteiger charge is 2.51. The van der Waals surface area contributed by atoms with Crippen LogP contribution in [0.25, 0.3) is 11.1 Å². The summed E-state index contributed by atoms with van der Waals surface area (Å²) in [5.74, 6) is -3.55. The fraction of sp³-hybridized carbons (Fsp3) is 0.462. The first-order valence-corrected chi connectivity index (χ1v) is 13.0. The van der Waals surface area contributed by atoms with Gasteiger partial charge in [0.2, 0.25) is 5.91 Å². The van der Waals surface area contributed by atoms with Crippen molar-refractivity contribution in [2.45, 2.75) is 50.0 Å². The molecule has 3 fully saturated rings. The molecule has 4 heterocycles. The summed E-state index contributed by atoms with van der Waals surface area (Å²) >= 11 is 6.01. The first kappa shape index (κ1) is 25.8. The summed E-state index contributed by atoms with van der Waals surface area (Å²) in [4.78, 5) is 38.0. The van der Waals surface area contributed by atoms with E-state index in [1.54, 1.807) is 24.4 Å². The normalized spacial score (nSPS) is 22.2. The van der Waals surface area contributed by atoms with Crippen molar-refractivity contribution in [2.75, 3.05) is 32.1 Å². The van der Waals surface area contributed by atoms with E-state index >= 15 is 0 Å². The SMILES string of the molecule is COc1cc(C(=O)N2C[C@H](OC3CC3)C[C@H]2C(=O)N2CC(F)(F)C2)cc2nc(NCc3cc(Cl)ccn3)oc12. The summed E-state index contributed by atoms with van der Waals surface area (Å²) < 4.78 is 44.2. The third-order valence-electron chi connectivity index (χ3n) is 7.00. The lowest BCUT2D eigenvalue weighted by atomic mass is 10.1. The Labute approximate surface area is 227 Å². The lowest BCUT2D eigenvalue weighted by Gasteiger charge is -2.41. The average molecular weight is 562 g/mol. The molecular formula is C26H26ClF2N5O5. The van der Waals surface area contributed by atoms with E-state index < -0.39 is 36.9 Å². The summed E-state index contributed by atoms with van der Waals surface area (Å²) in [6, 6.07) is 5.77. The highest BCUT2D eigenvalue weighted by molar-refractivity contribution is 6.30. The first-order valence-electron chi connectivity index (χ1n) is 12.6. The number of nitrogens with one attached hydrogen (secondary N) is 1. The van der Waals surface area contributed by atoms with E-state index in [2.05, 4.69) is 15.3 Å². The molecule has 2 saturated heterocycles. The van der Waals surface area contributed by atoms with Gasteiger partial charge in [0.1, 0.15) is 11.6 Å². The third-order valence-corrected chi connectivity index (χ3v) is 7.23. The smallest absolute Gasteiger partial charge is 0.296 e. The number of carbonyl (C=O) groups is 2. The molecule has 2 aliphatic heterocycles. The summed E-state index contributed by atoms with van der Waals surface area (Å²) in [5, 5.41) is 3.59. The number of rotatable bonds is 8. The predicted octanol–water partition coefficient (Wildman–Crippen LogP) is 3.74. The van der Waals surface area contributed by atoms with Crippen LogP contribution in [0.4, 0.5) is 14.8 Å². The number of nitrogens with zero attached hydrogens (tertiary/aromatic N) is 4. The molecule has 0 radical (unpaired) electrons.